The molecule has 23 heavy (non-hydrogen) atoms. The first-order chi connectivity index (χ1) is 11.0. The normalized spacial score (nSPS) is 12.1. The molecule has 0 unspecified atom stereocenters. The van der Waals surface area contributed by atoms with Crippen LogP contribution in [0.1, 0.15) is 27.7 Å². The molecule has 9 heteroatoms. The molecular formula is C14H24N6O3. The molecule has 2 N–H and O–H groups in total. The van der Waals surface area contributed by atoms with Crippen molar-refractivity contribution in [3.05, 3.63) is 6.20 Å². The van der Waals surface area contributed by atoms with Gasteiger partial charge in [-0.05, 0) is 27.7 Å². The summed E-state index contributed by atoms with van der Waals surface area (Å²) < 4.78 is 18.7. The summed E-state index contributed by atoms with van der Waals surface area (Å²) in [6.45, 7) is 9.01. The van der Waals surface area contributed by atoms with Gasteiger partial charge in [0.1, 0.15) is 18.4 Å². The van der Waals surface area contributed by atoms with Gasteiger partial charge >= 0.3 is 0 Å². The van der Waals surface area contributed by atoms with Crippen LogP contribution in [0.2, 0.25) is 0 Å². The predicted molar refractivity (Wildman–Crippen MR) is 84.6 cm³/mol. The van der Waals surface area contributed by atoms with Gasteiger partial charge in [-0.25, -0.2) is 9.67 Å². The number of nitrogen functional groups attached to an aromatic ring is 1. The first-order valence-corrected chi connectivity index (χ1v) is 7.62. The third kappa shape index (κ3) is 5.38. The number of hydrogen-bond donors (Lipinski definition) is 1. The second-order valence-electron chi connectivity index (χ2n) is 5.71. The van der Waals surface area contributed by atoms with E-state index in [1.165, 1.54) is 0 Å². The summed E-state index contributed by atoms with van der Waals surface area (Å²) in [5.74, 6) is 0.166. The Labute approximate surface area is 135 Å². The van der Waals surface area contributed by atoms with Gasteiger partial charge in [0.2, 0.25) is 11.6 Å². The Morgan fingerprint density at radius 3 is 2.35 bits per heavy atom. The molecule has 128 valence electrons. The van der Waals surface area contributed by atoms with E-state index in [1.54, 1.807) is 10.9 Å². The number of nitrogens with two attached hydrogens (primary N) is 1. The van der Waals surface area contributed by atoms with E-state index in [4.69, 9.17) is 19.9 Å². The SMILES string of the molecule is CC(C)OCC(COC(C)C)OCn1nnc2nc(N)ncc21. The molecule has 0 saturated heterocycles. The molecule has 2 rings (SSSR count). The van der Waals surface area contributed by atoms with Gasteiger partial charge in [0, 0.05) is 0 Å². The first-order valence-electron chi connectivity index (χ1n) is 7.62. The Hall–Kier alpha value is -1.84. The summed E-state index contributed by atoms with van der Waals surface area (Å²) in [6, 6.07) is 0. The Balaban J connectivity index is 1.97. The monoisotopic (exact) mass is 324 g/mol. The fourth-order valence-electron chi connectivity index (χ4n) is 1.80. The van der Waals surface area contributed by atoms with Crippen molar-refractivity contribution in [2.24, 2.45) is 0 Å². The topological polar surface area (TPSA) is 110 Å². The van der Waals surface area contributed by atoms with Crippen molar-refractivity contribution in [2.75, 3.05) is 18.9 Å². The van der Waals surface area contributed by atoms with Crippen molar-refractivity contribution < 1.29 is 14.2 Å². The van der Waals surface area contributed by atoms with Crippen molar-refractivity contribution >= 4 is 17.1 Å². The average molecular weight is 324 g/mol. The van der Waals surface area contributed by atoms with Crippen molar-refractivity contribution in [3.63, 3.8) is 0 Å². The largest absolute Gasteiger partial charge is 0.376 e. The molecule has 0 radical (unpaired) electrons. The molecule has 0 bridgehead atoms. The van der Waals surface area contributed by atoms with Gasteiger partial charge in [-0.1, -0.05) is 5.21 Å². The van der Waals surface area contributed by atoms with Crippen LogP contribution in [0, 0.1) is 0 Å². The van der Waals surface area contributed by atoms with Crippen LogP contribution in [0.15, 0.2) is 6.20 Å². The molecule has 2 aromatic heterocycles. The van der Waals surface area contributed by atoms with Gasteiger partial charge in [0.05, 0.1) is 31.6 Å². The second kappa shape index (κ2) is 8.14. The molecule has 0 aliphatic rings. The Morgan fingerprint density at radius 2 is 1.74 bits per heavy atom. The van der Waals surface area contributed by atoms with Crippen LogP contribution in [-0.2, 0) is 20.9 Å². The van der Waals surface area contributed by atoms with Crippen LogP contribution in [-0.4, -0.2) is 56.5 Å². The first kappa shape index (κ1) is 17.5. The molecule has 0 amide bonds. The van der Waals surface area contributed by atoms with Crippen LogP contribution < -0.4 is 5.73 Å². The highest BCUT2D eigenvalue weighted by atomic mass is 16.6. The number of hydrogen-bond acceptors (Lipinski definition) is 8. The van der Waals surface area contributed by atoms with E-state index in [-0.39, 0.29) is 31.0 Å². The van der Waals surface area contributed by atoms with E-state index in [2.05, 4.69) is 20.3 Å². The molecule has 0 aromatic carbocycles. The number of rotatable bonds is 9. The zero-order valence-electron chi connectivity index (χ0n) is 14.0. The molecule has 0 fully saturated rings. The standard InChI is InChI=1S/C14H24N6O3/c1-9(2)21-6-11(7-22-10(3)4)23-8-20-12-5-16-14(15)17-13(12)18-19-20/h5,9-11H,6-8H2,1-4H3,(H2,15,16,17). The highest BCUT2D eigenvalue weighted by Gasteiger charge is 2.14. The third-order valence-electron chi connectivity index (χ3n) is 2.96. The fourth-order valence-corrected chi connectivity index (χ4v) is 1.80. The maximum Gasteiger partial charge on any atom is 0.222 e. The van der Waals surface area contributed by atoms with Gasteiger partial charge < -0.3 is 19.9 Å². The third-order valence-corrected chi connectivity index (χ3v) is 2.96. The highest BCUT2D eigenvalue weighted by molar-refractivity contribution is 5.69. The molecule has 0 atom stereocenters. The number of aromatic nitrogens is 5. The molecule has 0 aliphatic carbocycles. The molecular weight excluding hydrogens is 300 g/mol. The number of fused-ring (bicyclic) bond motifs is 1. The van der Waals surface area contributed by atoms with Crippen LogP contribution in [0.4, 0.5) is 5.95 Å². The molecule has 2 aromatic rings. The van der Waals surface area contributed by atoms with E-state index >= 15 is 0 Å². The van der Waals surface area contributed by atoms with Gasteiger partial charge in [-0.2, -0.15) is 4.98 Å². The quantitative estimate of drug-likeness (QED) is 0.727. The summed E-state index contributed by atoms with van der Waals surface area (Å²) in [4.78, 5) is 7.96. The molecule has 0 spiro atoms. The van der Waals surface area contributed by atoms with Crippen molar-refractivity contribution in [2.45, 2.75) is 52.7 Å². The van der Waals surface area contributed by atoms with Crippen LogP contribution in [0.5, 0.6) is 0 Å². The van der Waals surface area contributed by atoms with E-state index in [0.29, 0.717) is 24.4 Å². The van der Waals surface area contributed by atoms with Gasteiger partial charge in [0.15, 0.2) is 0 Å². The van der Waals surface area contributed by atoms with Crippen LogP contribution in [0.25, 0.3) is 11.2 Å². The zero-order chi connectivity index (χ0) is 16.8. The average Bonchev–Trinajstić information content (AvgIpc) is 2.88. The lowest BCUT2D eigenvalue weighted by molar-refractivity contribution is -0.101. The van der Waals surface area contributed by atoms with Gasteiger partial charge in [-0.3, -0.25) is 0 Å². The Morgan fingerprint density at radius 1 is 1.09 bits per heavy atom. The van der Waals surface area contributed by atoms with E-state index < -0.39 is 0 Å². The maximum atomic E-state index is 5.85. The minimum Gasteiger partial charge on any atom is -0.376 e. The molecule has 0 aliphatic heterocycles. The molecule has 2 heterocycles. The predicted octanol–water partition coefficient (Wildman–Crippen LogP) is 0.996. The second-order valence-corrected chi connectivity index (χ2v) is 5.71. The van der Waals surface area contributed by atoms with Crippen molar-refractivity contribution in [1.29, 1.82) is 0 Å². The van der Waals surface area contributed by atoms with Crippen molar-refractivity contribution in [3.8, 4) is 0 Å². The lowest BCUT2D eigenvalue weighted by atomic mass is 10.3. The van der Waals surface area contributed by atoms with Crippen LogP contribution >= 0.6 is 0 Å². The van der Waals surface area contributed by atoms with Crippen molar-refractivity contribution in [1.82, 2.24) is 25.0 Å². The minimum atomic E-state index is -0.200. The van der Waals surface area contributed by atoms with Crippen LogP contribution in [0.3, 0.4) is 0 Å². The summed E-state index contributed by atoms with van der Waals surface area (Å²) in [7, 11) is 0. The fraction of sp³-hybridized carbons (Fsp3) is 0.714. The molecule has 9 nitrogen and oxygen atoms in total. The van der Waals surface area contributed by atoms with E-state index in [1.807, 2.05) is 27.7 Å². The Kier molecular flexibility index (Phi) is 6.20. The summed E-state index contributed by atoms with van der Waals surface area (Å²) in [6.07, 6.45) is 1.63. The number of anilines is 1. The maximum absolute atomic E-state index is 5.85. The van der Waals surface area contributed by atoms with Gasteiger partial charge in [0.25, 0.3) is 0 Å². The lowest BCUT2D eigenvalue weighted by Gasteiger charge is -2.20. The lowest BCUT2D eigenvalue weighted by Crippen LogP contribution is -2.29. The number of nitrogens with zero attached hydrogens (tertiary/aromatic N) is 5. The summed E-state index contributed by atoms with van der Waals surface area (Å²) >= 11 is 0. The van der Waals surface area contributed by atoms with E-state index in [0.717, 1.165) is 0 Å². The summed E-state index contributed by atoms with van der Waals surface area (Å²) in [5.41, 5.74) is 6.63. The van der Waals surface area contributed by atoms with Gasteiger partial charge in [-0.15, -0.1) is 5.10 Å². The Bertz CT molecular complexity index is 604. The summed E-state index contributed by atoms with van der Waals surface area (Å²) in [5, 5.41) is 7.95. The zero-order valence-corrected chi connectivity index (χ0v) is 14.0. The molecule has 0 saturated carbocycles. The number of ether oxygens (including phenoxy) is 3. The van der Waals surface area contributed by atoms with E-state index in [9.17, 15) is 0 Å². The minimum absolute atomic E-state index is 0.128. The highest BCUT2D eigenvalue weighted by Crippen LogP contribution is 2.09. The smallest absolute Gasteiger partial charge is 0.222 e.